The molecule has 4 rings (SSSR count). The summed E-state index contributed by atoms with van der Waals surface area (Å²) in [6.45, 7) is 0.485. The van der Waals surface area contributed by atoms with E-state index in [9.17, 15) is 9.59 Å². The molecule has 2 N–H and O–H groups in total. The number of carbonyl (C=O) groups excluding carboxylic acids is 2. The number of aromatic nitrogens is 2. The zero-order valence-corrected chi connectivity index (χ0v) is 15.7. The van der Waals surface area contributed by atoms with Gasteiger partial charge in [-0.3, -0.25) is 14.3 Å². The normalized spacial score (nSPS) is 18.3. The zero-order valence-electron chi connectivity index (χ0n) is 15.7. The summed E-state index contributed by atoms with van der Waals surface area (Å²) in [5.41, 5.74) is 2.33. The highest BCUT2D eigenvalue weighted by Gasteiger charge is 2.44. The molecule has 2 saturated carbocycles. The monoisotopic (exact) mass is 366 g/mol. The van der Waals surface area contributed by atoms with Crippen LogP contribution in [0.5, 0.6) is 0 Å². The highest BCUT2D eigenvalue weighted by Crippen LogP contribution is 2.47. The molecule has 1 heterocycles. The van der Waals surface area contributed by atoms with Crippen LogP contribution in [0.3, 0.4) is 0 Å². The van der Waals surface area contributed by atoms with Crippen molar-refractivity contribution in [2.45, 2.75) is 49.9 Å². The minimum absolute atomic E-state index is 0.0160. The van der Waals surface area contributed by atoms with Crippen LogP contribution in [-0.4, -0.2) is 28.1 Å². The van der Waals surface area contributed by atoms with Crippen molar-refractivity contribution < 1.29 is 9.59 Å². The number of hydrogen-bond acceptors (Lipinski definition) is 3. The summed E-state index contributed by atoms with van der Waals surface area (Å²) in [6, 6.07) is 12.1. The van der Waals surface area contributed by atoms with Gasteiger partial charge in [0.1, 0.15) is 0 Å². The molecule has 2 fully saturated rings. The van der Waals surface area contributed by atoms with Crippen LogP contribution in [0.25, 0.3) is 0 Å². The smallest absolute Gasteiger partial charge is 0.314 e. The Morgan fingerprint density at radius 2 is 1.85 bits per heavy atom. The Balaban J connectivity index is 1.33. The average molecular weight is 366 g/mol. The molecule has 2 aliphatic rings. The fourth-order valence-electron chi connectivity index (χ4n) is 4.16. The van der Waals surface area contributed by atoms with E-state index < -0.39 is 11.8 Å². The summed E-state index contributed by atoms with van der Waals surface area (Å²) < 4.78 is 1.82. The minimum atomic E-state index is -0.657. The van der Waals surface area contributed by atoms with E-state index in [1.807, 2.05) is 36.0 Å². The first-order valence-corrected chi connectivity index (χ1v) is 9.76. The van der Waals surface area contributed by atoms with Crippen molar-refractivity contribution in [2.24, 2.45) is 7.05 Å². The van der Waals surface area contributed by atoms with E-state index in [0.29, 0.717) is 18.3 Å². The van der Waals surface area contributed by atoms with Crippen LogP contribution in [0.15, 0.2) is 36.4 Å². The van der Waals surface area contributed by atoms with Gasteiger partial charge in [0.15, 0.2) is 5.82 Å². The average Bonchev–Trinajstić information content (AvgIpc) is 3.10. The molecule has 0 bridgehead atoms. The van der Waals surface area contributed by atoms with Crippen LogP contribution in [0.2, 0.25) is 0 Å². The molecule has 2 aromatic rings. The van der Waals surface area contributed by atoms with Gasteiger partial charge >= 0.3 is 11.8 Å². The summed E-state index contributed by atoms with van der Waals surface area (Å²) in [7, 11) is 1.89. The molecular weight excluding hydrogens is 340 g/mol. The third kappa shape index (κ3) is 3.75. The summed E-state index contributed by atoms with van der Waals surface area (Å²) in [5.74, 6) is -0.313. The molecular formula is C21H26N4O2. The van der Waals surface area contributed by atoms with Gasteiger partial charge in [0.2, 0.25) is 0 Å². The third-order valence-electron chi connectivity index (χ3n) is 5.96. The van der Waals surface area contributed by atoms with Crippen molar-refractivity contribution in [1.82, 2.24) is 15.1 Å². The van der Waals surface area contributed by atoms with Gasteiger partial charge in [0.05, 0.1) is 0 Å². The second kappa shape index (κ2) is 7.18. The maximum absolute atomic E-state index is 12.3. The number of anilines is 1. The number of hydrogen-bond donors (Lipinski definition) is 2. The number of benzene rings is 1. The van der Waals surface area contributed by atoms with Gasteiger partial charge in [0, 0.05) is 36.7 Å². The number of carbonyl (C=O) groups is 2. The quantitative estimate of drug-likeness (QED) is 0.799. The summed E-state index contributed by atoms with van der Waals surface area (Å²) in [5, 5.41) is 9.79. The molecule has 6 heteroatoms. The lowest BCUT2D eigenvalue weighted by molar-refractivity contribution is -0.136. The van der Waals surface area contributed by atoms with E-state index in [0.717, 1.165) is 31.4 Å². The van der Waals surface area contributed by atoms with Crippen LogP contribution in [-0.2, 0) is 22.1 Å². The Bertz CT molecular complexity index is 833. The van der Waals surface area contributed by atoms with Crippen molar-refractivity contribution in [1.29, 1.82) is 0 Å². The molecule has 0 unspecified atom stereocenters. The van der Waals surface area contributed by atoms with Gasteiger partial charge < -0.3 is 10.6 Å². The number of nitrogens with zero attached hydrogens (tertiary/aromatic N) is 2. The standard InChI is InChI=1S/C21H26N4O2/c1-25-17(15-7-5-6-8-15)13-18(24-25)23-20(27)19(26)22-14-21(11-12-21)16-9-3-2-4-10-16/h2-4,9-10,13,15H,5-8,11-12,14H2,1H3,(H,22,26)(H,23,24,27). The van der Waals surface area contributed by atoms with Crippen LogP contribution >= 0.6 is 0 Å². The molecule has 1 aromatic heterocycles. The van der Waals surface area contributed by atoms with E-state index in [1.165, 1.54) is 18.4 Å². The highest BCUT2D eigenvalue weighted by molar-refractivity contribution is 6.39. The Labute approximate surface area is 159 Å². The molecule has 1 aromatic carbocycles. The van der Waals surface area contributed by atoms with E-state index in [1.54, 1.807) is 0 Å². The van der Waals surface area contributed by atoms with Gasteiger partial charge in [-0.25, -0.2) is 0 Å². The maximum Gasteiger partial charge on any atom is 0.314 e. The van der Waals surface area contributed by atoms with Crippen LogP contribution in [0, 0.1) is 0 Å². The van der Waals surface area contributed by atoms with E-state index >= 15 is 0 Å². The van der Waals surface area contributed by atoms with Crippen molar-refractivity contribution >= 4 is 17.6 Å². The third-order valence-corrected chi connectivity index (χ3v) is 5.96. The number of nitrogens with one attached hydrogen (secondary N) is 2. The fourth-order valence-corrected chi connectivity index (χ4v) is 4.16. The Hall–Kier alpha value is -2.63. The largest absolute Gasteiger partial charge is 0.347 e. The first kappa shape index (κ1) is 17.8. The molecule has 0 atom stereocenters. The first-order valence-electron chi connectivity index (χ1n) is 9.76. The van der Waals surface area contributed by atoms with Crippen molar-refractivity contribution in [3.05, 3.63) is 47.7 Å². The van der Waals surface area contributed by atoms with Crippen molar-refractivity contribution in [3.8, 4) is 0 Å². The SMILES string of the molecule is Cn1nc(NC(=O)C(=O)NCC2(c3ccccc3)CC2)cc1C1CCCC1. The Morgan fingerprint density at radius 3 is 2.52 bits per heavy atom. The second-order valence-corrected chi connectivity index (χ2v) is 7.84. The van der Waals surface area contributed by atoms with Gasteiger partial charge in [-0.15, -0.1) is 0 Å². The Morgan fingerprint density at radius 1 is 1.15 bits per heavy atom. The molecule has 2 amide bonds. The zero-order chi connectivity index (χ0) is 18.9. The highest BCUT2D eigenvalue weighted by atomic mass is 16.2. The molecule has 6 nitrogen and oxygen atoms in total. The number of rotatable bonds is 5. The lowest BCUT2D eigenvalue weighted by Crippen LogP contribution is -2.39. The van der Waals surface area contributed by atoms with Gasteiger partial charge in [-0.05, 0) is 31.2 Å². The summed E-state index contributed by atoms with van der Waals surface area (Å²) in [4.78, 5) is 24.5. The molecule has 0 saturated heterocycles. The molecule has 0 aliphatic heterocycles. The lowest BCUT2D eigenvalue weighted by Gasteiger charge is -2.16. The second-order valence-electron chi connectivity index (χ2n) is 7.84. The number of amides is 2. The van der Waals surface area contributed by atoms with Crippen molar-refractivity contribution in [3.63, 3.8) is 0 Å². The van der Waals surface area contributed by atoms with E-state index in [4.69, 9.17) is 0 Å². The summed E-state index contributed by atoms with van der Waals surface area (Å²) in [6.07, 6.45) is 6.87. The molecule has 2 aliphatic carbocycles. The predicted octanol–water partition coefficient (Wildman–Crippen LogP) is 2.86. The van der Waals surface area contributed by atoms with Crippen molar-refractivity contribution in [2.75, 3.05) is 11.9 Å². The van der Waals surface area contributed by atoms with Gasteiger partial charge in [-0.1, -0.05) is 43.2 Å². The van der Waals surface area contributed by atoms with Gasteiger partial charge in [0.25, 0.3) is 0 Å². The van der Waals surface area contributed by atoms with Crippen LogP contribution in [0.1, 0.15) is 55.7 Å². The van der Waals surface area contributed by atoms with E-state index in [2.05, 4.69) is 27.9 Å². The maximum atomic E-state index is 12.3. The predicted molar refractivity (Wildman–Crippen MR) is 103 cm³/mol. The molecule has 27 heavy (non-hydrogen) atoms. The minimum Gasteiger partial charge on any atom is -0.347 e. The summed E-state index contributed by atoms with van der Waals surface area (Å²) >= 11 is 0. The van der Waals surface area contributed by atoms with Gasteiger partial charge in [-0.2, -0.15) is 5.10 Å². The Kier molecular flexibility index (Phi) is 4.72. The topological polar surface area (TPSA) is 76.0 Å². The number of aryl methyl sites for hydroxylation is 1. The first-order chi connectivity index (χ1) is 13.1. The molecule has 0 spiro atoms. The lowest BCUT2D eigenvalue weighted by atomic mass is 9.96. The molecule has 142 valence electrons. The van der Waals surface area contributed by atoms with Crippen LogP contribution < -0.4 is 10.6 Å². The molecule has 0 radical (unpaired) electrons. The van der Waals surface area contributed by atoms with Crippen LogP contribution in [0.4, 0.5) is 5.82 Å². The van der Waals surface area contributed by atoms with E-state index in [-0.39, 0.29) is 5.41 Å². The fraction of sp³-hybridized carbons (Fsp3) is 0.476.